The number of carboxylic acids is 1. The summed E-state index contributed by atoms with van der Waals surface area (Å²) >= 11 is 5.63. The molecule has 1 rings (SSSR count). The first kappa shape index (κ1) is 6.87. The third-order valence-electron chi connectivity index (χ3n) is 1.83. The monoisotopic (exact) mass is 148 g/mol. The van der Waals surface area contributed by atoms with Crippen LogP contribution in [0.25, 0.3) is 0 Å². The van der Waals surface area contributed by atoms with Gasteiger partial charge in [0.1, 0.15) is 0 Å². The molecule has 1 N–H and O–H groups in total. The lowest BCUT2D eigenvalue weighted by molar-refractivity contribution is -0.138. The van der Waals surface area contributed by atoms with Crippen molar-refractivity contribution in [3.05, 3.63) is 0 Å². The van der Waals surface area contributed by atoms with Gasteiger partial charge in [0, 0.05) is 0 Å². The molecule has 3 heteroatoms. The molecule has 0 radical (unpaired) electrons. The van der Waals surface area contributed by atoms with E-state index in [-0.39, 0.29) is 17.2 Å². The predicted molar refractivity (Wildman–Crippen MR) is 34.5 cm³/mol. The lowest BCUT2D eigenvalue weighted by atomic mass is 10.3. The number of carboxylic acid groups (broad SMARTS) is 1. The van der Waals surface area contributed by atoms with Crippen LogP contribution in [0.5, 0.6) is 0 Å². The van der Waals surface area contributed by atoms with E-state index < -0.39 is 5.97 Å². The summed E-state index contributed by atoms with van der Waals surface area (Å²) in [5.74, 6) is -0.789. The highest BCUT2D eigenvalue weighted by atomic mass is 35.5. The molecule has 0 amide bonds. The van der Waals surface area contributed by atoms with Crippen molar-refractivity contribution in [2.24, 2.45) is 11.8 Å². The zero-order chi connectivity index (χ0) is 7.02. The highest BCUT2D eigenvalue weighted by Gasteiger charge is 2.52. The Kier molecular flexibility index (Phi) is 1.66. The van der Waals surface area contributed by atoms with E-state index in [0.29, 0.717) is 0 Å². The van der Waals surface area contributed by atoms with Gasteiger partial charge in [-0.1, -0.05) is 13.3 Å². The average Bonchev–Trinajstić information content (AvgIpc) is 2.40. The SMILES string of the molecule is CCC1C(Cl)C1C(=O)O. The summed E-state index contributed by atoms with van der Waals surface area (Å²) in [6, 6.07) is 0. The van der Waals surface area contributed by atoms with Crippen molar-refractivity contribution in [3.8, 4) is 0 Å². The van der Waals surface area contributed by atoms with Crippen LogP contribution in [0, 0.1) is 11.8 Å². The molecule has 0 aliphatic heterocycles. The molecular weight excluding hydrogens is 140 g/mol. The van der Waals surface area contributed by atoms with E-state index in [9.17, 15) is 4.79 Å². The van der Waals surface area contributed by atoms with Gasteiger partial charge in [-0.3, -0.25) is 4.79 Å². The standard InChI is InChI=1S/C6H9ClO2/c1-2-3-4(5(3)7)6(8)9/h3-5H,2H2,1H3,(H,8,9). The van der Waals surface area contributed by atoms with E-state index in [0.717, 1.165) is 6.42 Å². The van der Waals surface area contributed by atoms with Crippen molar-refractivity contribution in [2.75, 3.05) is 0 Å². The van der Waals surface area contributed by atoms with Crippen molar-refractivity contribution in [3.63, 3.8) is 0 Å². The number of alkyl halides is 1. The zero-order valence-electron chi connectivity index (χ0n) is 5.17. The van der Waals surface area contributed by atoms with Gasteiger partial charge >= 0.3 is 5.97 Å². The van der Waals surface area contributed by atoms with E-state index in [4.69, 9.17) is 16.7 Å². The quantitative estimate of drug-likeness (QED) is 0.600. The largest absolute Gasteiger partial charge is 0.481 e. The maximum Gasteiger partial charge on any atom is 0.308 e. The van der Waals surface area contributed by atoms with Crippen molar-refractivity contribution in [2.45, 2.75) is 18.7 Å². The molecule has 1 aliphatic carbocycles. The van der Waals surface area contributed by atoms with Gasteiger partial charge in [0.2, 0.25) is 0 Å². The Hall–Kier alpha value is -0.240. The fourth-order valence-electron chi connectivity index (χ4n) is 1.13. The second-order valence-corrected chi connectivity index (χ2v) is 2.88. The second kappa shape index (κ2) is 2.18. The van der Waals surface area contributed by atoms with Gasteiger partial charge in [0.05, 0.1) is 11.3 Å². The number of aliphatic carboxylic acids is 1. The molecule has 2 nitrogen and oxygen atoms in total. The van der Waals surface area contributed by atoms with Crippen molar-refractivity contribution >= 4 is 17.6 Å². The lowest BCUT2D eigenvalue weighted by Crippen LogP contribution is -1.99. The first-order valence-corrected chi connectivity index (χ1v) is 3.49. The summed E-state index contributed by atoms with van der Waals surface area (Å²) in [6.45, 7) is 1.96. The smallest absolute Gasteiger partial charge is 0.308 e. The van der Waals surface area contributed by atoms with Crippen molar-refractivity contribution in [1.82, 2.24) is 0 Å². The maximum atomic E-state index is 10.3. The minimum absolute atomic E-state index is 0.104. The van der Waals surface area contributed by atoms with Gasteiger partial charge in [-0.05, 0) is 5.92 Å². The average molecular weight is 149 g/mol. The first-order valence-electron chi connectivity index (χ1n) is 3.05. The first-order chi connectivity index (χ1) is 4.18. The molecule has 0 aromatic heterocycles. The Bertz CT molecular complexity index is 135. The molecule has 0 aromatic carbocycles. The maximum absolute atomic E-state index is 10.3. The van der Waals surface area contributed by atoms with Gasteiger partial charge in [-0.25, -0.2) is 0 Å². The molecular formula is C6H9ClO2. The molecule has 9 heavy (non-hydrogen) atoms. The van der Waals surface area contributed by atoms with Crippen molar-refractivity contribution < 1.29 is 9.90 Å². The summed E-state index contributed by atoms with van der Waals surface area (Å²) in [5, 5.41) is 8.34. The van der Waals surface area contributed by atoms with Crippen LogP contribution in [0.1, 0.15) is 13.3 Å². The third kappa shape index (κ3) is 1.04. The van der Waals surface area contributed by atoms with Crippen LogP contribution in [-0.4, -0.2) is 16.5 Å². The Morgan fingerprint density at radius 2 is 2.33 bits per heavy atom. The highest BCUT2D eigenvalue weighted by molar-refractivity contribution is 6.24. The Balaban J connectivity index is 2.42. The van der Waals surface area contributed by atoms with E-state index in [1.54, 1.807) is 0 Å². The number of hydrogen-bond donors (Lipinski definition) is 1. The Morgan fingerprint density at radius 1 is 1.78 bits per heavy atom. The molecule has 52 valence electrons. The minimum atomic E-state index is -0.748. The van der Waals surface area contributed by atoms with Gasteiger partial charge in [-0.15, -0.1) is 11.6 Å². The van der Waals surface area contributed by atoms with Crippen LogP contribution in [-0.2, 0) is 4.79 Å². The molecule has 0 spiro atoms. The molecule has 1 saturated carbocycles. The highest BCUT2D eigenvalue weighted by Crippen LogP contribution is 2.46. The molecule has 0 bridgehead atoms. The normalized spacial score (nSPS) is 40.4. The van der Waals surface area contributed by atoms with Crippen LogP contribution in [0.3, 0.4) is 0 Å². The molecule has 0 heterocycles. The summed E-state index contributed by atoms with van der Waals surface area (Å²) in [7, 11) is 0. The van der Waals surface area contributed by atoms with Crippen LogP contribution < -0.4 is 0 Å². The minimum Gasteiger partial charge on any atom is -0.481 e. The number of carbonyl (C=O) groups is 1. The number of rotatable bonds is 2. The van der Waals surface area contributed by atoms with Crippen LogP contribution in [0.15, 0.2) is 0 Å². The Labute approximate surface area is 58.8 Å². The molecule has 0 saturated heterocycles. The molecule has 1 aliphatic rings. The van der Waals surface area contributed by atoms with E-state index >= 15 is 0 Å². The molecule has 1 fully saturated rings. The lowest BCUT2D eigenvalue weighted by Gasteiger charge is -1.83. The fourth-order valence-corrected chi connectivity index (χ4v) is 1.68. The zero-order valence-corrected chi connectivity index (χ0v) is 5.93. The summed E-state index contributed by atoms with van der Waals surface area (Å²) in [4.78, 5) is 10.3. The summed E-state index contributed by atoms with van der Waals surface area (Å²) in [6.07, 6.45) is 0.880. The summed E-state index contributed by atoms with van der Waals surface area (Å²) < 4.78 is 0. The molecule has 3 unspecified atom stereocenters. The molecule has 3 atom stereocenters. The van der Waals surface area contributed by atoms with Gasteiger partial charge in [0.25, 0.3) is 0 Å². The summed E-state index contributed by atoms with van der Waals surface area (Å²) in [5.41, 5.74) is 0. The number of hydrogen-bond acceptors (Lipinski definition) is 1. The van der Waals surface area contributed by atoms with Crippen LogP contribution in [0.4, 0.5) is 0 Å². The second-order valence-electron chi connectivity index (χ2n) is 2.38. The topological polar surface area (TPSA) is 37.3 Å². The van der Waals surface area contributed by atoms with Crippen molar-refractivity contribution in [1.29, 1.82) is 0 Å². The van der Waals surface area contributed by atoms with E-state index in [2.05, 4.69) is 0 Å². The molecule has 0 aromatic rings. The fraction of sp³-hybridized carbons (Fsp3) is 0.833. The van der Waals surface area contributed by atoms with E-state index in [1.165, 1.54) is 0 Å². The van der Waals surface area contributed by atoms with Crippen LogP contribution in [0.2, 0.25) is 0 Å². The Morgan fingerprint density at radius 3 is 2.44 bits per heavy atom. The van der Waals surface area contributed by atoms with Gasteiger partial charge in [-0.2, -0.15) is 0 Å². The van der Waals surface area contributed by atoms with Gasteiger partial charge < -0.3 is 5.11 Å². The predicted octanol–water partition coefficient (Wildman–Crippen LogP) is 1.33. The van der Waals surface area contributed by atoms with Crippen LogP contribution >= 0.6 is 11.6 Å². The number of halogens is 1. The van der Waals surface area contributed by atoms with Gasteiger partial charge in [0.15, 0.2) is 0 Å². The third-order valence-corrected chi connectivity index (χ3v) is 2.42. The van der Waals surface area contributed by atoms with E-state index in [1.807, 2.05) is 6.92 Å².